The highest BCUT2D eigenvalue weighted by molar-refractivity contribution is 7.89. The van der Waals surface area contributed by atoms with Crippen molar-refractivity contribution in [2.75, 3.05) is 19.6 Å². The number of hydrogen-bond donors (Lipinski definition) is 0. The molecule has 4 rings (SSSR count). The third-order valence-electron chi connectivity index (χ3n) is 6.00. The molecule has 2 fully saturated rings. The maximum atomic E-state index is 13.7. The lowest BCUT2D eigenvalue weighted by molar-refractivity contribution is 0.00642. The van der Waals surface area contributed by atoms with Gasteiger partial charge in [0.25, 0.3) is 6.43 Å². The number of halogens is 2. The van der Waals surface area contributed by atoms with Gasteiger partial charge in [0.15, 0.2) is 0 Å². The normalized spacial score (nSPS) is 22.4. The van der Waals surface area contributed by atoms with Crippen molar-refractivity contribution >= 4 is 26.9 Å². The summed E-state index contributed by atoms with van der Waals surface area (Å²) in [7, 11) is -4.07. The third-order valence-corrected chi connectivity index (χ3v) is 7.88. The molecule has 0 spiro atoms. The highest BCUT2D eigenvalue weighted by Gasteiger charge is 2.46. The van der Waals surface area contributed by atoms with E-state index in [2.05, 4.69) is 4.98 Å². The fourth-order valence-electron chi connectivity index (χ4n) is 4.63. The molecule has 2 aromatic rings. The Balaban J connectivity index is 1.68. The predicted molar refractivity (Wildman–Crippen MR) is 115 cm³/mol. The van der Waals surface area contributed by atoms with Crippen LogP contribution in [0.3, 0.4) is 0 Å². The van der Waals surface area contributed by atoms with Crippen molar-refractivity contribution in [3.05, 3.63) is 36.2 Å². The lowest BCUT2D eigenvalue weighted by Gasteiger charge is -2.37. The molecular formula is C22H27F2N3O4S. The second-order valence-corrected chi connectivity index (χ2v) is 11.3. The Labute approximate surface area is 186 Å². The summed E-state index contributed by atoms with van der Waals surface area (Å²) in [5.41, 5.74) is -1.06. The topological polar surface area (TPSA) is 79.8 Å². The molecule has 0 N–H and O–H groups in total. The number of alkyl halides is 2. The number of aromatic nitrogens is 1. The molecule has 3 heterocycles. The number of nitrogens with zero attached hydrogens (tertiary/aromatic N) is 3. The number of fused-ring (bicyclic) bond motifs is 2. The van der Waals surface area contributed by atoms with Gasteiger partial charge in [0, 0.05) is 48.4 Å². The van der Waals surface area contributed by atoms with Crippen molar-refractivity contribution < 1.29 is 26.7 Å². The largest absolute Gasteiger partial charge is 0.444 e. The van der Waals surface area contributed by atoms with Gasteiger partial charge in [-0.15, -0.1) is 0 Å². The van der Waals surface area contributed by atoms with E-state index in [1.807, 2.05) is 0 Å². The molecule has 2 atom stereocenters. The number of piperidine rings is 1. The van der Waals surface area contributed by atoms with Crippen LogP contribution in [0.1, 0.15) is 45.6 Å². The minimum Gasteiger partial charge on any atom is -0.444 e. The number of carbonyl (C=O) groups is 1. The van der Waals surface area contributed by atoms with Gasteiger partial charge in [-0.05, 0) is 45.6 Å². The summed E-state index contributed by atoms with van der Waals surface area (Å²) in [6.45, 7) is 6.20. The number of benzene rings is 1. The van der Waals surface area contributed by atoms with E-state index in [9.17, 15) is 22.0 Å². The van der Waals surface area contributed by atoms with Crippen molar-refractivity contribution in [1.82, 2.24) is 14.2 Å². The van der Waals surface area contributed by atoms with Crippen LogP contribution in [0.5, 0.6) is 0 Å². The Morgan fingerprint density at radius 2 is 1.97 bits per heavy atom. The summed E-state index contributed by atoms with van der Waals surface area (Å²) >= 11 is 0. The zero-order valence-corrected chi connectivity index (χ0v) is 19.1. The van der Waals surface area contributed by atoms with Crippen molar-refractivity contribution in [1.29, 1.82) is 0 Å². The van der Waals surface area contributed by atoms with Gasteiger partial charge in [-0.1, -0.05) is 12.1 Å². The number of hydrogen-bond acceptors (Lipinski definition) is 5. The third kappa shape index (κ3) is 4.17. The lowest BCUT2D eigenvalue weighted by atomic mass is 9.92. The Hall–Kier alpha value is -2.33. The Bertz CT molecular complexity index is 1130. The van der Waals surface area contributed by atoms with Gasteiger partial charge in [-0.2, -0.15) is 4.31 Å². The number of rotatable bonds is 3. The van der Waals surface area contributed by atoms with Gasteiger partial charge in [0.2, 0.25) is 10.0 Å². The van der Waals surface area contributed by atoms with Crippen molar-refractivity contribution in [2.45, 2.75) is 56.6 Å². The molecule has 2 aliphatic heterocycles. The van der Waals surface area contributed by atoms with Gasteiger partial charge >= 0.3 is 6.09 Å². The number of amides is 1. The fraction of sp³-hybridized carbons (Fsp3) is 0.545. The maximum absolute atomic E-state index is 13.7. The van der Waals surface area contributed by atoms with Gasteiger partial charge in [0.05, 0.1) is 10.9 Å². The first-order valence-corrected chi connectivity index (χ1v) is 12.1. The predicted octanol–water partition coefficient (Wildman–Crippen LogP) is 4.19. The quantitative estimate of drug-likeness (QED) is 0.676. The van der Waals surface area contributed by atoms with Crippen molar-refractivity contribution in [3.63, 3.8) is 0 Å². The number of sulfonamides is 1. The summed E-state index contributed by atoms with van der Waals surface area (Å²) in [6.07, 6.45) is 0.629. The van der Waals surface area contributed by atoms with E-state index in [0.717, 1.165) is 19.0 Å². The van der Waals surface area contributed by atoms with Crippen LogP contribution in [0, 0.1) is 5.92 Å². The first-order chi connectivity index (χ1) is 15.0. The summed E-state index contributed by atoms with van der Waals surface area (Å²) < 4.78 is 61.3. The SMILES string of the molecule is CC(C)(C)OC(=O)N1CCCC2CN(S(=O)(=O)c3cccc4cncc(C(F)F)c34)CC21. The summed E-state index contributed by atoms with van der Waals surface area (Å²) in [5.74, 6) is -0.0303. The first-order valence-electron chi connectivity index (χ1n) is 10.6. The van der Waals surface area contributed by atoms with E-state index < -0.39 is 33.7 Å². The Kier molecular flexibility index (Phi) is 5.87. The molecule has 1 amide bonds. The number of likely N-dealkylation sites (tertiary alicyclic amines) is 1. The van der Waals surface area contributed by atoms with Crippen LogP contribution in [0.15, 0.2) is 35.5 Å². The Morgan fingerprint density at radius 3 is 2.66 bits per heavy atom. The average Bonchev–Trinajstić information content (AvgIpc) is 3.16. The van der Waals surface area contributed by atoms with E-state index in [1.165, 1.54) is 22.6 Å². The lowest BCUT2D eigenvalue weighted by Crippen LogP contribution is -2.50. The minimum absolute atomic E-state index is 0.00336. The standard InChI is InChI=1S/C22H27F2N3O4S/c1-22(2,3)31-21(28)27-9-5-7-15-12-26(13-17(15)27)32(29,30)18-8-4-6-14-10-25-11-16(19(14)18)20(23)24/h4,6,8,10-11,15,17,20H,5,7,9,12-13H2,1-3H3. The molecule has 2 aliphatic rings. The van der Waals surface area contributed by atoms with Crippen LogP contribution in [0.4, 0.5) is 13.6 Å². The summed E-state index contributed by atoms with van der Waals surface area (Å²) in [5, 5.41) is 0.340. The molecule has 1 aromatic carbocycles. The second kappa shape index (κ2) is 8.22. The maximum Gasteiger partial charge on any atom is 0.410 e. The van der Waals surface area contributed by atoms with E-state index in [1.54, 1.807) is 31.7 Å². The molecule has 0 saturated carbocycles. The van der Waals surface area contributed by atoms with Crippen LogP contribution in [-0.2, 0) is 14.8 Å². The zero-order valence-electron chi connectivity index (χ0n) is 18.3. The number of ether oxygens (including phenoxy) is 1. The summed E-state index contributed by atoms with van der Waals surface area (Å²) in [6, 6.07) is 4.15. The molecule has 7 nitrogen and oxygen atoms in total. The molecule has 2 saturated heterocycles. The van der Waals surface area contributed by atoms with Crippen LogP contribution >= 0.6 is 0 Å². The van der Waals surface area contributed by atoms with Crippen molar-refractivity contribution in [2.24, 2.45) is 5.92 Å². The van der Waals surface area contributed by atoms with E-state index in [0.29, 0.717) is 11.9 Å². The van der Waals surface area contributed by atoms with Gasteiger partial charge in [-0.25, -0.2) is 22.0 Å². The average molecular weight is 468 g/mol. The molecule has 32 heavy (non-hydrogen) atoms. The highest BCUT2D eigenvalue weighted by Crippen LogP contribution is 2.38. The second-order valence-electron chi connectivity index (χ2n) is 9.35. The van der Waals surface area contributed by atoms with E-state index >= 15 is 0 Å². The van der Waals surface area contributed by atoms with E-state index in [4.69, 9.17) is 4.74 Å². The number of carbonyl (C=O) groups excluding carboxylic acids is 1. The molecule has 2 unspecified atom stereocenters. The van der Waals surface area contributed by atoms with Crippen molar-refractivity contribution in [3.8, 4) is 0 Å². The van der Waals surface area contributed by atoms with Crippen LogP contribution < -0.4 is 0 Å². The van der Waals surface area contributed by atoms with Gasteiger partial charge in [-0.3, -0.25) is 4.98 Å². The number of pyridine rings is 1. The monoisotopic (exact) mass is 467 g/mol. The molecule has 0 aliphatic carbocycles. The molecule has 0 bridgehead atoms. The Morgan fingerprint density at radius 1 is 1.22 bits per heavy atom. The van der Waals surface area contributed by atoms with Crippen LogP contribution in [0.2, 0.25) is 0 Å². The summed E-state index contributed by atoms with van der Waals surface area (Å²) in [4.78, 5) is 18.0. The zero-order chi connectivity index (χ0) is 23.3. The smallest absolute Gasteiger partial charge is 0.410 e. The molecule has 0 radical (unpaired) electrons. The molecule has 1 aromatic heterocycles. The van der Waals surface area contributed by atoms with Gasteiger partial charge in [0.1, 0.15) is 5.60 Å². The first kappa shape index (κ1) is 22.8. The minimum atomic E-state index is -4.07. The van der Waals surface area contributed by atoms with Gasteiger partial charge < -0.3 is 9.64 Å². The molecule has 174 valence electrons. The van der Waals surface area contributed by atoms with E-state index in [-0.39, 0.29) is 35.3 Å². The van der Waals surface area contributed by atoms with Crippen LogP contribution in [-0.4, -0.2) is 60.0 Å². The molecular weight excluding hydrogens is 440 g/mol. The highest BCUT2D eigenvalue weighted by atomic mass is 32.2. The van der Waals surface area contributed by atoms with Crippen LogP contribution in [0.25, 0.3) is 10.8 Å². The molecule has 10 heteroatoms. The fourth-order valence-corrected chi connectivity index (χ4v) is 6.39.